The van der Waals surface area contributed by atoms with Gasteiger partial charge in [0.25, 0.3) is 0 Å². The molecule has 2 nitrogen and oxygen atoms in total. The van der Waals surface area contributed by atoms with E-state index in [-0.39, 0.29) is 18.0 Å². The zero-order chi connectivity index (χ0) is 12.2. The molecule has 0 radical (unpaired) electrons. The first-order valence-electron chi connectivity index (χ1n) is 5.55. The molecule has 0 heterocycles. The summed E-state index contributed by atoms with van der Waals surface area (Å²) in [5.74, 6) is -0.183. The van der Waals surface area contributed by atoms with Crippen LogP contribution in [0.2, 0.25) is 0 Å². The first-order valence-corrected chi connectivity index (χ1v) is 5.55. The zero-order valence-corrected chi connectivity index (χ0v) is 10.2. The van der Waals surface area contributed by atoms with Gasteiger partial charge >= 0.3 is 0 Å². The molecule has 0 bridgehead atoms. The fourth-order valence-electron chi connectivity index (χ4n) is 1.54. The van der Waals surface area contributed by atoms with E-state index in [0.717, 1.165) is 5.56 Å². The molecule has 16 heavy (non-hydrogen) atoms. The summed E-state index contributed by atoms with van der Waals surface area (Å²) in [5.41, 5.74) is 1.55. The SMILES string of the molecule is Cc1ccc(F)c(CNC(C)(C)CCO)c1. The summed E-state index contributed by atoms with van der Waals surface area (Å²) in [6, 6.07) is 5.10. The van der Waals surface area contributed by atoms with Crippen molar-refractivity contribution < 1.29 is 9.50 Å². The molecule has 0 aliphatic carbocycles. The Hall–Kier alpha value is -0.930. The average Bonchev–Trinajstić information content (AvgIpc) is 2.19. The molecule has 0 aliphatic rings. The predicted molar refractivity (Wildman–Crippen MR) is 63.8 cm³/mol. The molecule has 0 atom stereocenters. The third-order valence-corrected chi connectivity index (χ3v) is 2.70. The van der Waals surface area contributed by atoms with Crippen LogP contribution in [0.3, 0.4) is 0 Å². The minimum atomic E-state index is -0.183. The van der Waals surface area contributed by atoms with E-state index in [2.05, 4.69) is 5.32 Å². The molecule has 0 saturated carbocycles. The standard InChI is InChI=1S/C13H20FNO/c1-10-4-5-12(14)11(8-10)9-15-13(2,3)6-7-16/h4-5,8,15-16H,6-7,9H2,1-3H3. The molecule has 2 N–H and O–H groups in total. The maximum atomic E-state index is 13.4. The van der Waals surface area contributed by atoms with Crippen molar-refractivity contribution in [1.29, 1.82) is 0 Å². The Kier molecular flexibility index (Phi) is 4.44. The number of halogens is 1. The van der Waals surface area contributed by atoms with E-state index < -0.39 is 0 Å². The summed E-state index contributed by atoms with van der Waals surface area (Å²) in [6.45, 7) is 6.56. The van der Waals surface area contributed by atoms with E-state index in [1.54, 1.807) is 6.07 Å². The number of aliphatic hydroxyl groups excluding tert-OH is 1. The van der Waals surface area contributed by atoms with Crippen molar-refractivity contribution in [3.8, 4) is 0 Å². The van der Waals surface area contributed by atoms with Crippen molar-refractivity contribution in [2.24, 2.45) is 0 Å². The first kappa shape index (κ1) is 13.1. The molecule has 0 amide bonds. The summed E-state index contributed by atoms with van der Waals surface area (Å²) >= 11 is 0. The monoisotopic (exact) mass is 225 g/mol. The van der Waals surface area contributed by atoms with Gasteiger partial charge in [-0.2, -0.15) is 0 Å². The topological polar surface area (TPSA) is 32.3 Å². The lowest BCUT2D eigenvalue weighted by Crippen LogP contribution is -2.39. The maximum absolute atomic E-state index is 13.4. The second-order valence-electron chi connectivity index (χ2n) is 4.81. The van der Waals surface area contributed by atoms with Crippen LogP contribution in [0.4, 0.5) is 4.39 Å². The van der Waals surface area contributed by atoms with Gasteiger partial charge in [-0.3, -0.25) is 0 Å². The zero-order valence-electron chi connectivity index (χ0n) is 10.2. The van der Waals surface area contributed by atoms with Gasteiger partial charge in [0, 0.05) is 24.3 Å². The molecular formula is C13H20FNO. The molecule has 0 aliphatic heterocycles. The summed E-state index contributed by atoms with van der Waals surface area (Å²) in [5, 5.41) is 12.1. The molecule has 1 aromatic carbocycles. The van der Waals surface area contributed by atoms with Crippen molar-refractivity contribution >= 4 is 0 Å². The molecule has 0 aromatic heterocycles. The molecule has 0 saturated heterocycles. The molecule has 0 fully saturated rings. The van der Waals surface area contributed by atoms with Gasteiger partial charge in [0.05, 0.1) is 0 Å². The maximum Gasteiger partial charge on any atom is 0.127 e. The van der Waals surface area contributed by atoms with E-state index >= 15 is 0 Å². The van der Waals surface area contributed by atoms with Crippen molar-refractivity contribution in [2.45, 2.75) is 39.3 Å². The van der Waals surface area contributed by atoms with Crippen LogP contribution in [-0.4, -0.2) is 17.3 Å². The number of aryl methyl sites for hydroxylation is 1. The molecule has 1 aromatic rings. The highest BCUT2D eigenvalue weighted by Gasteiger charge is 2.16. The van der Waals surface area contributed by atoms with Crippen LogP contribution >= 0.6 is 0 Å². The summed E-state index contributed by atoms with van der Waals surface area (Å²) in [4.78, 5) is 0. The Morgan fingerprint density at radius 2 is 2.06 bits per heavy atom. The first-order chi connectivity index (χ1) is 7.44. The fourth-order valence-corrected chi connectivity index (χ4v) is 1.54. The molecule has 1 rings (SSSR count). The molecule has 0 unspecified atom stereocenters. The lowest BCUT2D eigenvalue weighted by atomic mass is 10.0. The van der Waals surface area contributed by atoms with Gasteiger partial charge in [-0.15, -0.1) is 0 Å². The van der Waals surface area contributed by atoms with E-state index in [9.17, 15) is 4.39 Å². The van der Waals surface area contributed by atoms with Crippen LogP contribution in [0.25, 0.3) is 0 Å². The van der Waals surface area contributed by atoms with Crippen LogP contribution in [0.15, 0.2) is 18.2 Å². The van der Waals surface area contributed by atoms with Gasteiger partial charge in [-0.1, -0.05) is 17.7 Å². The Morgan fingerprint density at radius 3 is 2.69 bits per heavy atom. The Labute approximate surface area is 96.5 Å². The van der Waals surface area contributed by atoms with E-state index in [0.29, 0.717) is 18.5 Å². The number of hydrogen-bond donors (Lipinski definition) is 2. The van der Waals surface area contributed by atoms with Gasteiger partial charge in [0.1, 0.15) is 5.82 Å². The van der Waals surface area contributed by atoms with Gasteiger partial charge < -0.3 is 10.4 Å². The highest BCUT2D eigenvalue weighted by Crippen LogP contribution is 2.13. The second-order valence-corrected chi connectivity index (χ2v) is 4.81. The van der Waals surface area contributed by atoms with Crippen LogP contribution in [0.5, 0.6) is 0 Å². The third-order valence-electron chi connectivity index (χ3n) is 2.70. The number of aliphatic hydroxyl groups is 1. The molecule has 90 valence electrons. The number of hydrogen-bond acceptors (Lipinski definition) is 2. The third kappa shape index (κ3) is 3.91. The minimum Gasteiger partial charge on any atom is -0.396 e. The van der Waals surface area contributed by atoms with Gasteiger partial charge in [-0.05, 0) is 33.3 Å². The van der Waals surface area contributed by atoms with Crippen molar-refractivity contribution in [3.05, 3.63) is 35.1 Å². The average molecular weight is 225 g/mol. The van der Waals surface area contributed by atoms with Gasteiger partial charge in [-0.25, -0.2) is 4.39 Å². The minimum absolute atomic E-state index is 0.135. The smallest absolute Gasteiger partial charge is 0.127 e. The highest BCUT2D eigenvalue weighted by atomic mass is 19.1. The van der Waals surface area contributed by atoms with Gasteiger partial charge in [0.2, 0.25) is 0 Å². The predicted octanol–water partition coefficient (Wildman–Crippen LogP) is 2.38. The number of benzene rings is 1. The Balaban J connectivity index is 2.63. The van der Waals surface area contributed by atoms with Crippen molar-refractivity contribution in [1.82, 2.24) is 5.32 Å². The lowest BCUT2D eigenvalue weighted by molar-refractivity contribution is 0.229. The number of nitrogens with one attached hydrogen (secondary N) is 1. The van der Waals surface area contributed by atoms with Crippen LogP contribution in [-0.2, 0) is 6.54 Å². The Morgan fingerprint density at radius 1 is 1.38 bits per heavy atom. The largest absolute Gasteiger partial charge is 0.396 e. The highest BCUT2D eigenvalue weighted by molar-refractivity contribution is 5.24. The van der Waals surface area contributed by atoms with Crippen molar-refractivity contribution in [3.63, 3.8) is 0 Å². The Bertz CT molecular complexity index is 350. The summed E-state index contributed by atoms with van der Waals surface area (Å²) in [7, 11) is 0. The summed E-state index contributed by atoms with van der Waals surface area (Å²) in [6.07, 6.45) is 0.653. The van der Waals surface area contributed by atoms with Crippen LogP contribution in [0, 0.1) is 12.7 Å². The normalized spacial score (nSPS) is 11.8. The fraction of sp³-hybridized carbons (Fsp3) is 0.538. The molecule has 3 heteroatoms. The lowest BCUT2D eigenvalue weighted by Gasteiger charge is -2.25. The van der Waals surface area contributed by atoms with Crippen LogP contribution in [0.1, 0.15) is 31.4 Å². The van der Waals surface area contributed by atoms with E-state index in [1.165, 1.54) is 6.07 Å². The molecule has 0 spiro atoms. The van der Waals surface area contributed by atoms with E-state index in [4.69, 9.17) is 5.11 Å². The van der Waals surface area contributed by atoms with Crippen molar-refractivity contribution in [2.75, 3.05) is 6.61 Å². The van der Waals surface area contributed by atoms with E-state index in [1.807, 2.05) is 26.8 Å². The quantitative estimate of drug-likeness (QED) is 0.806. The van der Waals surface area contributed by atoms with Crippen LogP contribution < -0.4 is 5.32 Å². The molecular weight excluding hydrogens is 205 g/mol. The summed E-state index contributed by atoms with van der Waals surface area (Å²) < 4.78 is 13.4. The number of rotatable bonds is 5. The second kappa shape index (κ2) is 5.41. The van der Waals surface area contributed by atoms with Gasteiger partial charge in [0.15, 0.2) is 0 Å².